The molecule has 19 heavy (non-hydrogen) atoms. The van der Waals surface area contributed by atoms with Crippen LogP contribution in [-0.2, 0) is 11.3 Å². The Hall–Kier alpha value is -2.42. The van der Waals surface area contributed by atoms with Crippen LogP contribution >= 0.6 is 0 Å². The number of carbonyl (C=O) groups excluding carboxylic acids is 1. The van der Waals surface area contributed by atoms with Crippen molar-refractivity contribution in [3.63, 3.8) is 0 Å². The van der Waals surface area contributed by atoms with Gasteiger partial charge in [-0.05, 0) is 35.8 Å². The van der Waals surface area contributed by atoms with Gasteiger partial charge in [0.1, 0.15) is 0 Å². The fourth-order valence-corrected chi connectivity index (χ4v) is 2.17. The Balaban J connectivity index is 1.68. The number of amides is 1. The lowest BCUT2D eigenvalue weighted by atomic mass is 10.1. The van der Waals surface area contributed by atoms with Crippen LogP contribution in [0.15, 0.2) is 65.4 Å². The molecule has 0 aromatic carbocycles. The summed E-state index contributed by atoms with van der Waals surface area (Å²) >= 11 is 0. The van der Waals surface area contributed by atoms with E-state index in [1.807, 2.05) is 49.4 Å². The van der Waals surface area contributed by atoms with Gasteiger partial charge < -0.3 is 5.32 Å². The average molecular weight is 250 g/mol. The van der Waals surface area contributed by atoms with E-state index in [1.54, 1.807) is 6.20 Å². The molecule has 0 saturated heterocycles. The van der Waals surface area contributed by atoms with Gasteiger partial charge >= 0.3 is 0 Å². The third-order valence-electron chi connectivity index (χ3n) is 3.24. The number of pyridine rings is 1. The molecule has 0 radical (unpaired) electrons. The van der Waals surface area contributed by atoms with Crippen molar-refractivity contribution >= 4 is 5.91 Å². The van der Waals surface area contributed by atoms with Crippen molar-refractivity contribution < 1.29 is 4.79 Å². The highest BCUT2D eigenvalue weighted by atomic mass is 16.1. The molecular formula is C16H14N2O. The maximum atomic E-state index is 12.1. The molecule has 0 bridgehead atoms. The molecule has 0 unspecified atom stereocenters. The van der Waals surface area contributed by atoms with Gasteiger partial charge in [0.05, 0.1) is 0 Å². The zero-order valence-corrected chi connectivity index (χ0v) is 10.7. The lowest BCUT2D eigenvalue weighted by molar-refractivity contribution is -0.117. The predicted octanol–water partition coefficient (Wildman–Crippen LogP) is 2.37. The zero-order valence-electron chi connectivity index (χ0n) is 10.7. The monoisotopic (exact) mass is 250 g/mol. The highest BCUT2D eigenvalue weighted by Crippen LogP contribution is 2.29. The van der Waals surface area contributed by atoms with Crippen LogP contribution in [0.2, 0.25) is 0 Å². The van der Waals surface area contributed by atoms with Crippen LogP contribution < -0.4 is 5.32 Å². The van der Waals surface area contributed by atoms with Crippen LogP contribution in [0, 0.1) is 6.92 Å². The molecule has 0 spiro atoms. The summed E-state index contributed by atoms with van der Waals surface area (Å²) < 4.78 is 0. The summed E-state index contributed by atoms with van der Waals surface area (Å²) in [7, 11) is 0. The molecule has 3 rings (SSSR count). The van der Waals surface area contributed by atoms with Gasteiger partial charge in [-0.3, -0.25) is 9.78 Å². The minimum Gasteiger partial charge on any atom is -0.348 e. The van der Waals surface area contributed by atoms with Gasteiger partial charge in [0.15, 0.2) is 0 Å². The first-order valence-corrected chi connectivity index (χ1v) is 6.25. The number of nitrogens with zero attached hydrogens (tertiary/aromatic N) is 1. The van der Waals surface area contributed by atoms with Gasteiger partial charge in [-0.2, -0.15) is 0 Å². The van der Waals surface area contributed by atoms with E-state index in [-0.39, 0.29) is 5.91 Å². The molecule has 1 heterocycles. The van der Waals surface area contributed by atoms with E-state index in [0.29, 0.717) is 6.54 Å². The van der Waals surface area contributed by atoms with Gasteiger partial charge in [-0.1, -0.05) is 30.4 Å². The van der Waals surface area contributed by atoms with E-state index in [0.717, 1.165) is 28.0 Å². The van der Waals surface area contributed by atoms with Gasteiger partial charge in [0.25, 0.3) is 5.91 Å². The SMILES string of the molecule is Cc1ccc(CNC(=O)C2=C3C=CC=C3C=C2)cn1. The van der Waals surface area contributed by atoms with E-state index in [1.165, 1.54) is 0 Å². The number of fused-ring (bicyclic) bond motifs is 1. The molecule has 1 amide bonds. The van der Waals surface area contributed by atoms with Crippen LogP contribution in [0.25, 0.3) is 0 Å². The van der Waals surface area contributed by atoms with Gasteiger partial charge in [-0.25, -0.2) is 0 Å². The summed E-state index contributed by atoms with van der Waals surface area (Å²) in [5.74, 6) is -0.0400. The smallest absolute Gasteiger partial charge is 0.252 e. The molecular weight excluding hydrogens is 236 g/mol. The van der Waals surface area contributed by atoms with Crippen LogP contribution in [0.1, 0.15) is 11.3 Å². The molecule has 0 fully saturated rings. The van der Waals surface area contributed by atoms with E-state index in [2.05, 4.69) is 10.3 Å². The van der Waals surface area contributed by atoms with E-state index in [9.17, 15) is 4.79 Å². The lowest BCUT2D eigenvalue weighted by Gasteiger charge is -2.06. The molecule has 3 nitrogen and oxygen atoms in total. The number of allylic oxidation sites excluding steroid dienone is 6. The Morgan fingerprint density at radius 2 is 2.16 bits per heavy atom. The van der Waals surface area contributed by atoms with Crippen molar-refractivity contribution in [2.24, 2.45) is 0 Å². The summed E-state index contributed by atoms with van der Waals surface area (Å²) in [6.07, 6.45) is 11.6. The van der Waals surface area contributed by atoms with Crippen molar-refractivity contribution in [3.05, 3.63) is 76.7 Å². The zero-order chi connectivity index (χ0) is 13.2. The normalized spacial score (nSPS) is 15.7. The second kappa shape index (κ2) is 4.69. The second-order valence-corrected chi connectivity index (χ2v) is 4.63. The molecule has 1 aromatic heterocycles. The molecule has 0 aliphatic heterocycles. The van der Waals surface area contributed by atoms with E-state index in [4.69, 9.17) is 0 Å². The molecule has 2 aliphatic carbocycles. The van der Waals surface area contributed by atoms with Crippen LogP contribution in [0.3, 0.4) is 0 Å². The fourth-order valence-electron chi connectivity index (χ4n) is 2.17. The highest BCUT2D eigenvalue weighted by Gasteiger charge is 2.19. The molecule has 3 heteroatoms. The summed E-state index contributed by atoms with van der Waals surface area (Å²) in [6.45, 7) is 2.44. The first-order chi connectivity index (χ1) is 9.24. The Morgan fingerprint density at radius 3 is 2.95 bits per heavy atom. The molecule has 1 aromatic rings. The first kappa shape index (κ1) is 11.7. The van der Waals surface area contributed by atoms with E-state index < -0.39 is 0 Å². The number of hydrogen-bond donors (Lipinski definition) is 1. The van der Waals surface area contributed by atoms with Crippen LogP contribution in [-0.4, -0.2) is 10.9 Å². The summed E-state index contributed by atoms with van der Waals surface area (Å²) in [6, 6.07) is 3.92. The van der Waals surface area contributed by atoms with Crippen molar-refractivity contribution in [3.8, 4) is 0 Å². The number of aromatic nitrogens is 1. The van der Waals surface area contributed by atoms with Crippen LogP contribution in [0.4, 0.5) is 0 Å². The number of nitrogens with one attached hydrogen (secondary N) is 1. The van der Waals surface area contributed by atoms with Gasteiger partial charge in [0.2, 0.25) is 0 Å². The number of aryl methyl sites for hydroxylation is 1. The van der Waals surface area contributed by atoms with E-state index >= 15 is 0 Å². The Labute approximate surface area is 112 Å². The summed E-state index contributed by atoms with van der Waals surface area (Å²) in [5.41, 5.74) is 4.84. The molecule has 2 aliphatic rings. The largest absolute Gasteiger partial charge is 0.348 e. The third-order valence-corrected chi connectivity index (χ3v) is 3.24. The minimum absolute atomic E-state index is 0.0400. The maximum Gasteiger partial charge on any atom is 0.252 e. The highest BCUT2D eigenvalue weighted by molar-refractivity contribution is 6.00. The average Bonchev–Trinajstić information content (AvgIpc) is 3.00. The lowest BCUT2D eigenvalue weighted by Crippen LogP contribution is -2.24. The van der Waals surface area contributed by atoms with Crippen molar-refractivity contribution in [2.45, 2.75) is 13.5 Å². The minimum atomic E-state index is -0.0400. The van der Waals surface area contributed by atoms with Crippen molar-refractivity contribution in [2.75, 3.05) is 0 Å². The molecule has 1 N–H and O–H groups in total. The van der Waals surface area contributed by atoms with Crippen molar-refractivity contribution in [1.82, 2.24) is 10.3 Å². The number of hydrogen-bond acceptors (Lipinski definition) is 2. The quantitative estimate of drug-likeness (QED) is 0.894. The molecule has 0 saturated carbocycles. The van der Waals surface area contributed by atoms with Gasteiger partial charge in [0, 0.05) is 24.0 Å². The number of carbonyl (C=O) groups is 1. The van der Waals surface area contributed by atoms with Gasteiger partial charge in [-0.15, -0.1) is 0 Å². The first-order valence-electron chi connectivity index (χ1n) is 6.25. The fraction of sp³-hybridized carbons (Fsp3) is 0.125. The Kier molecular flexibility index (Phi) is 2.88. The number of rotatable bonds is 3. The summed E-state index contributed by atoms with van der Waals surface area (Å²) in [4.78, 5) is 16.3. The molecule has 0 atom stereocenters. The third kappa shape index (κ3) is 2.27. The Bertz CT molecular complexity index is 646. The topological polar surface area (TPSA) is 42.0 Å². The molecule has 94 valence electrons. The van der Waals surface area contributed by atoms with Crippen molar-refractivity contribution in [1.29, 1.82) is 0 Å². The standard InChI is InChI=1S/C16H14N2O/c1-11-5-6-12(9-17-11)10-18-16(19)15-8-7-13-3-2-4-14(13)15/h2-9H,10H2,1H3,(H,18,19). The second-order valence-electron chi connectivity index (χ2n) is 4.63. The Morgan fingerprint density at radius 1 is 1.26 bits per heavy atom. The van der Waals surface area contributed by atoms with Crippen LogP contribution in [0.5, 0.6) is 0 Å². The predicted molar refractivity (Wildman–Crippen MR) is 74.2 cm³/mol. The maximum absolute atomic E-state index is 12.1. The summed E-state index contributed by atoms with van der Waals surface area (Å²) in [5, 5.41) is 2.92.